The Balaban J connectivity index is 3.04. The molecule has 0 amide bonds. The molecule has 1 aromatic carbocycles. The van der Waals surface area contributed by atoms with Crippen molar-refractivity contribution in [2.45, 2.75) is 47.1 Å². The Morgan fingerprint density at radius 3 is 2.50 bits per heavy atom. The van der Waals surface area contributed by atoms with Crippen LogP contribution in [0.3, 0.4) is 0 Å². The largest absolute Gasteiger partial charge is 0.374 e. The van der Waals surface area contributed by atoms with Gasteiger partial charge >= 0.3 is 0 Å². The third kappa shape index (κ3) is 4.78. The molecule has 0 heterocycles. The molecule has 20 heavy (non-hydrogen) atoms. The van der Waals surface area contributed by atoms with Crippen molar-refractivity contribution in [3.05, 3.63) is 29.6 Å². The molecule has 0 aliphatic heterocycles. The molecule has 1 atom stereocenters. The van der Waals surface area contributed by atoms with E-state index in [1.54, 1.807) is 12.1 Å². The molecule has 0 saturated heterocycles. The summed E-state index contributed by atoms with van der Waals surface area (Å²) in [6, 6.07) is 5.37. The van der Waals surface area contributed by atoms with E-state index in [1.807, 2.05) is 20.0 Å². The summed E-state index contributed by atoms with van der Waals surface area (Å²) in [6.07, 6.45) is 1.05. The van der Waals surface area contributed by atoms with Gasteiger partial charge in [-0.15, -0.1) is 0 Å². The molecular formula is C17H29FN2. The average molecular weight is 280 g/mol. The Bertz CT molecular complexity index is 423. The number of benzene rings is 1. The van der Waals surface area contributed by atoms with Gasteiger partial charge in [0.15, 0.2) is 0 Å². The van der Waals surface area contributed by atoms with Gasteiger partial charge in [-0.25, -0.2) is 4.39 Å². The molecule has 1 N–H and O–H groups in total. The molecule has 1 rings (SSSR count). The second-order valence-electron chi connectivity index (χ2n) is 6.77. The smallest absolute Gasteiger partial charge is 0.130 e. The number of rotatable bonds is 6. The lowest BCUT2D eigenvalue weighted by molar-refractivity contribution is 0.417. The molecule has 3 heteroatoms. The first-order valence-corrected chi connectivity index (χ1v) is 7.49. The van der Waals surface area contributed by atoms with E-state index in [0.29, 0.717) is 0 Å². The van der Waals surface area contributed by atoms with E-state index < -0.39 is 0 Å². The molecule has 0 aromatic heterocycles. The van der Waals surface area contributed by atoms with Crippen molar-refractivity contribution in [1.82, 2.24) is 5.32 Å². The molecule has 114 valence electrons. The zero-order valence-electron chi connectivity index (χ0n) is 13.8. The zero-order valence-corrected chi connectivity index (χ0v) is 13.8. The molecular weight excluding hydrogens is 251 g/mol. The molecule has 2 nitrogen and oxygen atoms in total. The summed E-state index contributed by atoms with van der Waals surface area (Å²) >= 11 is 0. The van der Waals surface area contributed by atoms with Gasteiger partial charge in [-0.05, 0) is 37.4 Å². The fourth-order valence-corrected chi connectivity index (χ4v) is 2.55. The fraction of sp³-hybridized carbons (Fsp3) is 0.647. The highest BCUT2D eigenvalue weighted by Crippen LogP contribution is 2.30. The monoisotopic (exact) mass is 280 g/mol. The third-order valence-corrected chi connectivity index (χ3v) is 3.29. The zero-order chi connectivity index (χ0) is 15.3. The minimum absolute atomic E-state index is 0.0218. The molecule has 0 aliphatic carbocycles. The molecule has 1 unspecified atom stereocenters. The maximum Gasteiger partial charge on any atom is 0.130 e. The van der Waals surface area contributed by atoms with Gasteiger partial charge in [-0.2, -0.15) is 0 Å². The molecule has 1 aromatic rings. The lowest BCUT2D eigenvalue weighted by Gasteiger charge is -2.31. The minimum Gasteiger partial charge on any atom is -0.374 e. The first-order chi connectivity index (χ1) is 9.26. The minimum atomic E-state index is -0.126. The van der Waals surface area contributed by atoms with Gasteiger partial charge < -0.3 is 10.2 Å². The first-order valence-electron chi connectivity index (χ1n) is 7.49. The number of nitrogens with zero attached hydrogens (tertiary/aromatic N) is 1. The van der Waals surface area contributed by atoms with E-state index in [2.05, 4.69) is 37.9 Å². The van der Waals surface area contributed by atoms with Gasteiger partial charge in [-0.3, -0.25) is 0 Å². The maximum absolute atomic E-state index is 14.3. The Kier molecular flexibility index (Phi) is 6.00. The van der Waals surface area contributed by atoms with Crippen molar-refractivity contribution in [1.29, 1.82) is 0 Å². The van der Waals surface area contributed by atoms with Gasteiger partial charge in [0.25, 0.3) is 0 Å². The van der Waals surface area contributed by atoms with E-state index in [9.17, 15) is 4.39 Å². The van der Waals surface area contributed by atoms with E-state index >= 15 is 0 Å². The van der Waals surface area contributed by atoms with Crippen molar-refractivity contribution in [3.63, 3.8) is 0 Å². The van der Waals surface area contributed by atoms with Crippen LogP contribution in [0.5, 0.6) is 0 Å². The Morgan fingerprint density at radius 1 is 1.30 bits per heavy atom. The highest BCUT2D eigenvalue weighted by Gasteiger charge is 2.20. The molecule has 0 fully saturated rings. The van der Waals surface area contributed by atoms with Crippen LogP contribution >= 0.6 is 0 Å². The topological polar surface area (TPSA) is 15.3 Å². The van der Waals surface area contributed by atoms with E-state index in [-0.39, 0.29) is 17.3 Å². The predicted octanol–water partition coefficient (Wildman–Crippen LogP) is 4.37. The quantitative estimate of drug-likeness (QED) is 0.832. The maximum atomic E-state index is 14.3. The van der Waals surface area contributed by atoms with Crippen LogP contribution < -0.4 is 10.2 Å². The number of hydrogen-bond acceptors (Lipinski definition) is 2. The van der Waals surface area contributed by atoms with Crippen molar-refractivity contribution in [2.75, 3.05) is 25.0 Å². The molecule has 0 spiro atoms. The van der Waals surface area contributed by atoms with Crippen molar-refractivity contribution in [3.8, 4) is 0 Å². The fourth-order valence-electron chi connectivity index (χ4n) is 2.55. The predicted molar refractivity (Wildman–Crippen MR) is 85.8 cm³/mol. The first kappa shape index (κ1) is 17.0. The number of halogens is 1. The Hall–Kier alpha value is -1.09. The van der Waals surface area contributed by atoms with Crippen molar-refractivity contribution in [2.24, 2.45) is 5.41 Å². The third-order valence-electron chi connectivity index (χ3n) is 3.29. The summed E-state index contributed by atoms with van der Waals surface area (Å²) in [6.45, 7) is 12.5. The normalized spacial score (nSPS) is 13.3. The van der Waals surface area contributed by atoms with Crippen LogP contribution in [0.2, 0.25) is 0 Å². The highest BCUT2D eigenvalue weighted by molar-refractivity contribution is 5.55. The van der Waals surface area contributed by atoms with Crippen LogP contribution in [0.25, 0.3) is 0 Å². The number of hydrogen-bond donors (Lipinski definition) is 1. The van der Waals surface area contributed by atoms with Crippen LogP contribution in [0.4, 0.5) is 10.1 Å². The van der Waals surface area contributed by atoms with E-state index in [0.717, 1.165) is 30.8 Å². The van der Waals surface area contributed by atoms with Gasteiger partial charge in [-0.1, -0.05) is 33.8 Å². The van der Waals surface area contributed by atoms with Gasteiger partial charge in [0.05, 0.1) is 0 Å². The van der Waals surface area contributed by atoms with Crippen molar-refractivity contribution < 1.29 is 4.39 Å². The lowest BCUT2D eigenvalue weighted by atomic mass is 9.95. The van der Waals surface area contributed by atoms with E-state index in [1.165, 1.54) is 0 Å². The van der Waals surface area contributed by atoms with Crippen LogP contribution in [-0.2, 0) is 0 Å². The van der Waals surface area contributed by atoms with Crippen LogP contribution in [-0.4, -0.2) is 20.1 Å². The Labute approximate surface area is 123 Å². The lowest BCUT2D eigenvalue weighted by Crippen LogP contribution is -2.31. The molecule has 0 radical (unpaired) electrons. The van der Waals surface area contributed by atoms with Crippen LogP contribution in [0, 0.1) is 11.2 Å². The molecule has 0 aliphatic rings. The molecule has 0 bridgehead atoms. The number of anilines is 1. The number of nitrogens with one attached hydrogen (secondary N) is 1. The van der Waals surface area contributed by atoms with Crippen LogP contribution in [0.15, 0.2) is 18.2 Å². The summed E-state index contributed by atoms with van der Waals surface area (Å²) in [5, 5.41) is 3.38. The summed E-state index contributed by atoms with van der Waals surface area (Å²) in [5.74, 6) is -0.126. The summed E-state index contributed by atoms with van der Waals surface area (Å²) in [7, 11) is 2.04. The van der Waals surface area contributed by atoms with E-state index in [4.69, 9.17) is 0 Å². The highest BCUT2D eigenvalue weighted by atomic mass is 19.1. The average Bonchev–Trinajstić information content (AvgIpc) is 2.33. The molecule has 0 saturated carbocycles. The van der Waals surface area contributed by atoms with Gasteiger partial charge in [0.1, 0.15) is 5.82 Å². The second kappa shape index (κ2) is 7.07. The van der Waals surface area contributed by atoms with Crippen molar-refractivity contribution >= 4 is 5.69 Å². The Morgan fingerprint density at radius 2 is 1.95 bits per heavy atom. The summed E-state index contributed by atoms with van der Waals surface area (Å²) in [5.41, 5.74) is 1.93. The second-order valence-corrected chi connectivity index (χ2v) is 6.77. The van der Waals surface area contributed by atoms with Gasteiger partial charge in [0, 0.05) is 30.9 Å². The summed E-state index contributed by atoms with van der Waals surface area (Å²) in [4.78, 5) is 2.16. The van der Waals surface area contributed by atoms with Crippen LogP contribution in [0.1, 0.15) is 52.6 Å². The SMILES string of the molecule is CCCNC(C)c1c(F)cccc1N(C)CC(C)(C)C. The summed E-state index contributed by atoms with van der Waals surface area (Å²) < 4.78 is 14.3. The van der Waals surface area contributed by atoms with Gasteiger partial charge in [0.2, 0.25) is 0 Å². The standard InChI is InChI=1S/C17H29FN2/c1-7-11-19-13(2)16-14(18)9-8-10-15(16)20(6)12-17(3,4)5/h8-10,13,19H,7,11-12H2,1-6H3.